The molecule has 1 fully saturated rings. The monoisotopic (exact) mass is 579 g/mol. The summed E-state index contributed by atoms with van der Waals surface area (Å²) in [7, 11) is 1.66. The largest absolute Gasteiger partial charge is 0.497 e. The summed E-state index contributed by atoms with van der Waals surface area (Å²) in [5, 5.41) is 15.1. The summed E-state index contributed by atoms with van der Waals surface area (Å²) in [6, 6.07) is 32.4. The van der Waals surface area contributed by atoms with Crippen molar-refractivity contribution in [1.29, 1.82) is 0 Å². The summed E-state index contributed by atoms with van der Waals surface area (Å²) in [5.74, 6) is 0.797. The van der Waals surface area contributed by atoms with Crippen LogP contribution in [-0.4, -0.2) is 26.7 Å². The number of nitro groups is 1. The van der Waals surface area contributed by atoms with Crippen LogP contribution in [0, 0.1) is 10.1 Å². The Kier molecular flexibility index (Phi) is 7.41. The van der Waals surface area contributed by atoms with Gasteiger partial charge in [0.15, 0.2) is 5.11 Å². The SMILES string of the molecule is COc1ccc(-n2cccc2[C@H]2[C@@H](c3ccccn3)NC(=S)N2c2ccc(Sc3ccc([N+](=O)[O-])cc3)cc2)cc1. The molecule has 8 nitrogen and oxygen atoms in total. The lowest BCUT2D eigenvalue weighted by Gasteiger charge is -2.29. The van der Waals surface area contributed by atoms with Crippen LogP contribution in [0.4, 0.5) is 11.4 Å². The number of hydrogen-bond acceptors (Lipinski definition) is 6. The quantitative estimate of drug-likeness (QED) is 0.118. The van der Waals surface area contributed by atoms with Crippen molar-refractivity contribution in [2.75, 3.05) is 12.0 Å². The lowest BCUT2D eigenvalue weighted by Crippen LogP contribution is -2.30. The fourth-order valence-electron chi connectivity index (χ4n) is 4.99. The Balaban J connectivity index is 1.35. The second-order valence-corrected chi connectivity index (χ2v) is 10.9. The molecule has 1 saturated heterocycles. The zero-order chi connectivity index (χ0) is 28.3. The maximum atomic E-state index is 11.0. The number of anilines is 1. The first-order chi connectivity index (χ1) is 20.0. The molecule has 0 saturated carbocycles. The maximum absolute atomic E-state index is 11.0. The molecule has 1 aliphatic rings. The maximum Gasteiger partial charge on any atom is 0.269 e. The minimum Gasteiger partial charge on any atom is -0.497 e. The molecule has 0 aliphatic carbocycles. The molecule has 2 atom stereocenters. The molecule has 0 unspecified atom stereocenters. The average Bonchev–Trinajstić information content (AvgIpc) is 3.63. The summed E-state index contributed by atoms with van der Waals surface area (Å²) < 4.78 is 7.53. The number of aromatic nitrogens is 2. The Bertz CT molecular complexity index is 1670. The fraction of sp³-hybridized carbons (Fsp3) is 0.0968. The predicted molar refractivity (Wildman–Crippen MR) is 164 cm³/mol. The van der Waals surface area contributed by atoms with Crippen LogP contribution in [0.3, 0.4) is 0 Å². The third-order valence-electron chi connectivity index (χ3n) is 6.93. The Labute approximate surface area is 246 Å². The van der Waals surface area contributed by atoms with Gasteiger partial charge in [0.05, 0.1) is 23.8 Å². The molecule has 0 radical (unpaired) electrons. The van der Waals surface area contributed by atoms with Crippen molar-refractivity contribution in [3.63, 3.8) is 0 Å². The van der Waals surface area contributed by atoms with Gasteiger partial charge in [0.2, 0.25) is 0 Å². The van der Waals surface area contributed by atoms with Crippen molar-refractivity contribution < 1.29 is 9.66 Å². The van der Waals surface area contributed by atoms with E-state index in [0.717, 1.165) is 38.3 Å². The number of benzene rings is 3. The first-order valence-electron chi connectivity index (χ1n) is 12.9. The van der Waals surface area contributed by atoms with Crippen LogP contribution in [0.5, 0.6) is 5.75 Å². The van der Waals surface area contributed by atoms with E-state index >= 15 is 0 Å². The van der Waals surface area contributed by atoms with Crippen LogP contribution in [0.2, 0.25) is 0 Å². The highest BCUT2D eigenvalue weighted by atomic mass is 32.2. The number of nitrogens with one attached hydrogen (secondary N) is 1. The van der Waals surface area contributed by atoms with Gasteiger partial charge in [-0.2, -0.15) is 0 Å². The molecule has 6 rings (SSSR count). The Hall–Kier alpha value is -4.67. The summed E-state index contributed by atoms with van der Waals surface area (Å²) in [6.07, 6.45) is 3.85. The minimum atomic E-state index is -0.393. The Morgan fingerprint density at radius 1 is 0.902 bits per heavy atom. The van der Waals surface area contributed by atoms with Crippen LogP contribution in [-0.2, 0) is 0 Å². The molecule has 1 aliphatic heterocycles. The number of thiocarbonyl (C=S) groups is 1. The predicted octanol–water partition coefficient (Wildman–Crippen LogP) is 7.12. The Morgan fingerprint density at radius 2 is 1.59 bits per heavy atom. The number of pyridine rings is 1. The normalized spacial score (nSPS) is 16.4. The molecule has 5 aromatic rings. The highest BCUT2D eigenvalue weighted by Crippen LogP contribution is 2.43. The Morgan fingerprint density at radius 3 is 2.22 bits per heavy atom. The average molecular weight is 580 g/mol. The van der Waals surface area contributed by atoms with E-state index in [2.05, 4.69) is 44.2 Å². The minimum absolute atomic E-state index is 0.0765. The second kappa shape index (κ2) is 11.4. The number of ether oxygens (including phenoxy) is 1. The second-order valence-electron chi connectivity index (χ2n) is 9.34. The molecule has 0 spiro atoms. The van der Waals surface area contributed by atoms with Gasteiger partial charge in [-0.25, -0.2) is 0 Å². The topological polar surface area (TPSA) is 85.5 Å². The number of rotatable bonds is 8. The van der Waals surface area contributed by atoms with Gasteiger partial charge in [0, 0.05) is 51.4 Å². The number of nitro benzene ring substituents is 1. The van der Waals surface area contributed by atoms with E-state index in [9.17, 15) is 10.1 Å². The number of nitrogens with zero attached hydrogens (tertiary/aromatic N) is 4. The van der Waals surface area contributed by atoms with Crippen molar-refractivity contribution in [2.24, 2.45) is 0 Å². The summed E-state index contributed by atoms with van der Waals surface area (Å²) >= 11 is 7.46. The number of non-ortho nitro benzene ring substituents is 1. The van der Waals surface area contributed by atoms with Gasteiger partial charge in [-0.3, -0.25) is 15.1 Å². The first-order valence-corrected chi connectivity index (χ1v) is 14.1. The molecule has 10 heteroatoms. The third-order valence-corrected chi connectivity index (χ3v) is 8.26. The van der Waals surface area contributed by atoms with E-state index in [4.69, 9.17) is 17.0 Å². The van der Waals surface area contributed by atoms with Gasteiger partial charge in [-0.05, 0) is 97.1 Å². The van der Waals surface area contributed by atoms with E-state index < -0.39 is 4.92 Å². The fourth-order valence-corrected chi connectivity index (χ4v) is 6.16. The van der Waals surface area contributed by atoms with Crippen molar-refractivity contribution >= 4 is 40.5 Å². The zero-order valence-corrected chi connectivity index (χ0v) is 23.6. The van der Waals surface area contributed by atoms with Crippen LogP contribution in [0.15, 0.2) is 125 Å². The molecule has 0 bridgehead atoms. The third kappa shape index (κ3) is 5.39. The van der Waals surface area contributed by atoms with Gasteiger partial charge in [-0.15, -0.1) is 0 Å². The van der Waals surface area contributed by atoms with E-state index in [-0.39, 0.29) is 17.8 Å². The van der Waals surface area contributed by atoms with Crippen LogP contribution < -0.4 is 15.0 Å². The van der Waals surface area contributed by atoms with E-state index in [1.54, 1.807) is 37.2 Å². The first kappa shape index (κ1) is 26.5. The van der Waals surface area contributed by atoms with Crippen LogP contribution in [0.25, 0.3) is 5.69 Å². The van der Waals surface area contributed by atoms with Crippen molar-refractivity contribution in [3.8, 4) is 11.4 Å². The number of hydrogen-bond donors (Lipinski definition) is 1. The summed E-state index contributed by atoms with van der Waals surface area (Å²) in [5.41, 5.74) is 3.99. The number of methoxy groups -OCH3 is 1. The van der Waals surface area contributed by atoms with E-state index in [0.29, 0.717) is 5.11 Å². The summed E-state index contributed by atoms with van der Waals surface area (Å²) in [6.45, 7) is 0. The van der Waals surface area contributed by atoms with Crippen molar-refractivity contribution in [3.05, 3.63) is 137 Å². The molecule has 2 aromatic heterocycles. The van der Waals surface area contributed by atoms with Crippen molar-refractivity contribution in [1.82, 2.24) is 14.9 Å². The van der Waals surface area contributed by atoms with Gasteiger partial charge in [0.1, 0.15) is 11.8 Å². The smallest absolute Gasteiger partial charge is 0.269 e. The van der Waals surface area contributed by atoms with Crippen molar-refractivity contribution in [2.45, 2.75) is 21.9 Å². The molecule has 3 heterocycles. The van der Waals surface area contributed by atoms with Gasteiger partial charge in [-0.1, -0.05) is 17.8 Å². The lowest BCUT2D eigenvalue weighted by molar-refractivity contribution is -0.384. The van der Waals surface area contributed by atoms with Gasteiger partial charge < -0.3 is 19.5 Å². The molecule has 0 amide bonds. The van der Waals surface area contributed by atoms with Gasteiger partial charge >= 0.3 is 0 Å². The molecule has 3 aromatic carbocycles. The summed E-state index contributed by atoms with van der Waals surface area (Å²) in [4.78, 5) is 19.3. The molecular formula is C31H25N5O3S2. The molecule has 1 N–H and O–H groups in total. The van der Waals surface area contributed by atoms with Crippen LogP contribution in [0.1, 0.15) is 23.5 Å². The highest BCUT2D eigenvalue weighted by Gasteiger charge is 2.42. The standard InChI is InChI=1S/C31H25N5O3S2/c1-39-24-13-7-21(8-14-24)34-20-4-6-28(34)30-29(27-5-2-3-19-32-27)33-31(40)35(30)22-9-15-25(16-10-22)41-26-17-11-23(12-18-26)36(37)38/h2-20,29-30H,1H3,(H,33,40)/t29-,30+/m1/s1. The molecule has 41 heavy (non-hydrogen) atoms. The lowest BCUT2D eigenvalue weighted by atomic mass is 10.0. The zero-order valence-electron chi connectivity index (χ0n) is 22.0. The highest BCUT2D eigenvalue weighted by molar-refractivity contribution is 7.99. The van der Waals surface area contributed by atoms with E-state index in [1.807, 2.05) is 60.7 Å². The molecule has 204 valence electrons. The van der Waals surface area contributed by atoms with E-state index in [1.165, 1.54) is 12.1 Å². The van der Waals surface area contributed by atoms with Crippen LogP contribution >= 0.6 is 24.0 Å². The van der Waals surface area contributed by atoms with Gasteiger partial charge in [0.25, 0.3) is 5.69 Å². The molecular weight excluding hydrogens is 555 g/mol.